The summed E-state index contributed by atoms with van der Waals surface area (Å²) in [6, 6.07) is 8.33. The molecule has 0 heterocycles. The van der Waals surface area contributed by atoms with Crippen LogP contribution in [0.3, 0.4) is 0 Å². The van der Waals surface area contributed by atoms with Crippen molar-refractivity contribution in [1.82, 2.24) is 4.90 Å². The minimum absolute atomic E-state index is 0.0211. The number of hydrogen-bond acceptors (Lipinski definition) is 3. The van der Waals surface area contributed by atoms with Gasteiger partial charge in [-0.1, -0.05) is 23.7 Å². The SMILES string of the molecule is COCC(C)N(C)C(c1cccc(Cl)c1)C(C)N. The second kappa shape index (κ2) is 7.10. The molecule has 102 valence electrons. The monoisotopic (exact) mass is 270 g/mol. The minimum atomic E-state index is 0.0211. The van der Waals surface area contributed by atoms with E-state index in [1.807, 2.05) is 25.1 Å². The lowest BCUT2D eigenvalue weighted by Gasteiger charge is -2.35. The van der Waals surface area contributed by atoms with E-state index in [1.54, 1.807) is 7.11 Å². The van der Waals surface area contributed by atoms with Crippen molar-refractivity contribution in [2.75, 3.05) is 20.8 Å². The molecule has 0 aromatic heterocycles. The van der Waals surface area contributed by atoms with Crippen molar-refractivity contribution < 1.29 is 4.74 Å². The molecule has 0 spiro atoms. The molecule has 1 rings (SSSR count). The predicted molar refractivity (Wildman–Crippen MR) is 76.9 cm³/mol. The zero-order chi connectivity index (χ0) is 13.7. The summed E-state index contributed by atoms with van der Waals surface area (Å²) >= 11 is 6.06. The lowest BCUT2D eigenvalue weighted by molar-refractivity contribution is 0.0819. The van der Waals surface area contributed by atoms with E-state index in [9.17, 15) is 0 Å². The van der Waals surface area contributed by atoms with Gasteiger partial charge in [0, 0.05) is 30.3 Å². The fraction of sp³-hybridized carbons (Fsp3) is 0.571. The molecule has 0 aliphatic rings. The average molecular weight is 271 g/mol. The Bertz CT molecular complexity index is 371. The van der Waals surface area contributed by atoms with Crippen LogP contribution in [-0.4, -0.2) is 37.7 Å². The van der Waals surface area contributed by atoms with Crippen LogP contribution >= 0.6 is 11.6 Å². The van der Waals surface area contributed by atoms with Crippen molar-refractivity contribution in [3.8, 4) is 0 Å². The molecule has 3 unspecified atom stereocenters. The summed E-state index contributed by atoms with van der Waals surface area (Å²) in [4.78, 5) is 2.24. The van der Waals surface area contributed by atoms with Gasteiger partial charge in [0.25, 0.3) is 0 Å². The standard InChI is InChI=1S/C14H23ClN2O/c1-10(9-18-4)17(3)14(11(2)16)12-6-5-7-13(15)8-12/h5-8,10-11,14H,9,16H2,1-4H3. The first-order valence-electron chi connectivity index (χ1n) is 6.19. The summed E-state index contributed by atoms with van der Waals surface area (Å²) in [7, 11) is 3.78. The second-order valence-corrected chi connectivity index (χ2v) is 5.27. The van der Waals surface area contributed by atoms with Crippen LogP contribution < -0.4 is 5.73 Å². The fourth-order valence-electron chi connectivity index (χ4n) is 2.23. The van der Waals surface area contributed by atoms with E-state index < -0.39 is 0 Å². The Morgan fingerprint density at radius 1 is 1.39 bits per heavy atom. The van der Waals surface area contributed by atoms with Crippen LogP contribution in [0.15, 0.2) is 24.3 Å². The number of benzene rings is 1. The van der Waals surface area contributed by atoms with E-state index in [1.165, 1.54) is 0 Å². The summed E-state index contributed by atoms with van der Waals surface area (Å²) in [6.07, 6.45) is 0. The molecule has 18 heavy (non-hydrogen) atoms. The van der Waals surface area contributed by atoms with E-state index in [4.69, 9.17) is 22.1 Å². The van der Waals surface area contributed by atoms with Crippen LogP contribution in [0, 0.1) is 0 Å². The Balaban J connectivity index is 2.95. The molecular weight excluding hydrogens is 248 g/mol. The zero-order valence-corrected chi connectivity index (χ0v) is 12.3. The molecule has 0 aliphatic carbocycles. The molecule has 0 aliphatic heterocycles. The Labute approximate surface area is 115 Å². The highest BCUT2D eigenvalue weighted by atomic mass is 35.5. The quantitative estimate of drug-likeness (QED) is 0.864. The van der Waals surface area contributed by atoms with Crippen molar-refractivity contribution in [2.24, 2.45) is 5.73 Å². The molecule has 1 aromatic carbocycles. The van der Waals surface area contributed by atoms with Gasteiger partial charge < -0.3 is 10.5 Å². The van der Waals surface area contributed by atoms with Crippen LogP contribution in [-0.2, 0) is 4.74 Å². The Hall–Kier alpha value is -0.610. The first-order valence-corrected chi connectivity index (χ1v) is 6.57. The predicted octanol–water partition coefficient (Wildman–Crippen LogP) is 2.70. The molecule has 3 nitrogen and oxygen atoms in total. The summed E-state index contributed by atoms with van der Waals surface area (Å²) in [5.74, 6) is 0. The highest BCUT2D eigenvalue weighted by Gasteiger charge is 2.24. The summed E-state index contributed by atoms with van der Waals surface area (Å²) in [6.45, 7) is 4.82. The van der Waals surface area contributed by atoms with Gasteiger partial charge in [-0.2, -0.15) is 0 Å². The molecule has 4 heteroatoms. The summed E-state index contributed by atoms with van der Waals surface area (Å²) in [5.41, 5.74) is 7.27. The molecule has 0 amide bonds. The largest absolute Gasteiger partial charge is 0.383 e. The van der Waals surface area contributed by atoms with Crippen molar-refractivity contribution in [1.29, 1.82) is 0 Å². The summed E-state index contributed by atoms with van der Waals surface area (Å²) < 4.78 is 5.21. The highest BCUT2D eigenvalue weighted by Crippen LogP contribution is 2.26. The van der Waals surface area contributed by atoms with Gasteiger partial charge in [-0.3, -0.25) is 4.90 Å². The number of halogens is 1. The molecule has 0 radical (unpaired) electrons. The Kier molecular flexibility index (Phi) is 6.09. The molecule has 2 N–H and O–H groups in total. The van der Waals surface area contributed by atoms with Gasteiger partial charge in [-0.05, 0) is 38.6 Å². The number of methoxy groups -OCH3 is 1. The van der Waals surface area contributed by atoms with Gasteiger partial charge in [-0.15, -0.1) is 0 Å². The third-order valence-electron chi connectivity index (χ3n) is 3.23. The van der Waals surface area contributed by atoms with E-state index in [-0.39, 0.29) is 12.1 Å². The Morgan fingerprint density at radius 2 is 2.06 bits per heavy atom. The molecule has 0 fully saturated rings. The van der Waals surface area contributed by atoms with Gasteiger partial charge in [0.15, 0.2) is 0 Å². The molecule has 3 atom stereocenters. The topological polar surface area (TPSA) is 38.5 Å². The van der Waals surface area contributed by atoms with E-state index in [0.29, 0.717) is 12.6 Å². The molecular formula is C14H23ClN2O. The number of likely N-dealkylation sites (N-methyl/N-ethyl adjacent to an activating group) is 1. The zero-order valence-electron chi connectivity index (χ0n) is 11.6. The van der Waals surface area contributed by atoms with Crippen LogP contribution in [0.1, 0.15) is 25.5 Å². The maximum atomic E-state index is 6.13. The smallest absolute Gasteiger partial charge is 0.0615 e. The first-order chi connectivity index (χ1) is 8.47. The normalized spacial score (nSPS) is 16.6. The number of rotatable bonds is 6. The van der Waals surface area contributed by atoms with Gasteiger partial charge >= 0.3 is 0 Å². The highest BCUT2D eigenvalue weighted by molar-refractivity contribution is 6.30. The third kappa shape index (κ3) is 3.95. The number of nitrogens with two attached hydrogens (primary N) is 1. The molecule has 0 bridgehead atoms. The van der Waals surface area contributed by atoms with Gasteiger partial charge in [-0.25, -0.2) is 0 Å². The van der Waals surface area contributed by atoms with Crippen molar-refractivity contribution in [2.45, 2.75) is 32.0 Å². The van der Waals surface area contributed by atoms with Gasteiger partial charge in [0.05, 0.1) is 6.61 Å². The first kappa shape index (κ1) is 15.4. The fourth-order valence-corrected chi connectivity index (χ4v) is 2.43. The minimum Gasteiger partial charge on any atom is -0.383 e. The van der Waals surface area contributed by atoms with Crippen LogP contribution in [0.5, 0.6) is 0 Å². The van der Waals surface area contributed by atoms with Crippen molar-refractivity contribution in [3.63, 3.8) is 0 Å². The summed E-state index contributed by atoms with van der Waals surface area (Å²) in [5, 5.41) is 0.742. The maximum Gasteiger partial charge on any atom is 0.0615 e. The van der Waals surface area contributed by atoms with Crippen LogP contribution in [0.25, 0.3) is 0 Å². The maximum absolute atomic E-state index is 6.13. The van der Waals surface area contributed by atoms with Crippen molar-refractivity contribution in [3.05, 3.63) is 34.9 Å². The molecule has 0 saturated carbocycles. The number of hydrogen-bond donors (Lipinski definition) is 1. The Morgan fingerprint density at radius 3 is 2.56 bits per heavy atom. The van der Waals surface area contributed by atoms with E-state index in [2.05, 4.69) is 24.9 Å². The van der Waals surface area contributed by atoms with Crippen LogP contribution in [0.4, 0.5) is 0 Å². The van der Waals surface area contributed by atoms with Gasteiger partial charge in [0.1, 0.15) is 0 Å². The van der Waals surface area contributed by atoms with Crippen LogP contribution in [0.2, 0.25) is 5.02 Å². The average Bonchev–Trinajstić information content (AvgIpc) is 2.29. The lowest BCUT2D eigenvalue weighted by Crippen LogP contribution is -2.43. The molecule has 0 saturated heterocycles. The van der Waals surface area contributed by atoms with Gasteiger partial charge in [0.2, 0.25) is 0 Å². The van der Waals surface area contributed by atoms with E-state index in [0.717, 1.165) is 10.6 Å². The second-order valence-electron chi connectivity index (χ2n) is 4.83. The van der Waals surface area contributed by atoms with Crippen molar-refractivity contribution >= 4 is 11.6 Å². The molecule has 1 aromatic rings. The van der Waals surface area contributed by atoms with E-state index >= 15 is 0 Å². The third-order valence-corrected chi connectivity index (χ3v) is 3.47. The lowest BCUT2D eigenvalue weighted by atomic mass is 9.98. The number of nitrogens with zero attached hydrogens (tertiary/aromatic N) is 1. The number of ether oxygens (including phenoxy) is 1.